The first kappa shape index (κ1) is 28.6. The number of rotatable bonds is 9. The van der Waals surface area contributed by atoms with Gasteiger partial charge in [0.2, 0.25) is 0 Å². The van der Waals surface area contributed by atoms with Crippen LogP contribution in [0, 0.1) is 5.82 Å². The van der Waals surface area contributed by atoms with Gasteiger partial charge in [-0.15, -0.1) is 0 Å². The second kappa shape index (κ2) is 12.6. The van der Waals surface area contributed by atoms with Crippen molar-refractivity contribution in [1.82, 2.24) is 0 Å². The van der Waals surface area contributed by atoms with Gasteiger partial charge in [-0.1, -0.05) is 58.0 Å². The molecule has 2 atom stereocenters. The molecule has 0 radical (unpaired) electrons. The number of hydrogen-bond acceptors (Lipinski definition) is 5. The van der Waals surface area contributed by atoms with Crippen molar-refractivity contribution >= 4 is 5.97 Å². The van der Waals surface area contributed by atoms with Crippen molar-refractivity contribution in [2.75, 3.05) is 13.7 Å². The van der Waals surface area contributed by atoms with Crippen LogP contribution in [0.4, 0.5) is 4.39 Å². The molecule has 3 aromatic carbocycles. The predicted octanol–water partition coefficient (Wildman–Crippen LogP) is 7.94. The number of hydrogen-bond donors (Lipinski definition) is 0. The molecule has 39 heavy (non-hydrogen) atoms. The monoisotopic (exact) mass is 534 g/mol. The zero-order chi connectivity index (χ0) is 28.0. The highest BCUT2D eigenvalue weighted by Crippen LogP contribution is 2.37. The summed E-state index contributed by atoms with van der Waals surface area (Å²) in [7, 11) is 1.40. The quantitative estimate of drug-likeness (QED) is 0.261. The van der Waals surface area contributed by atoms with E-state index in [0.29, 0.717) is 30.9 Å². The van der Waals surface area contributed by atoms with Crippen molar-refractivity contribution in [3.05, 3.63) is 83.2 Å². The Morgan fingerprint density at radius 2 is 1.85 bits per heavy atom. The van der Waals surface area contributed by atoms with Crippen LogP contribution >= 0.6 is 0 Å². The van der Waals surface area contributed by atoms with E-state index < -0.39 is 0 Å². The highest BCUT2D eigenvalue weighted by atomic mass is 19.1. The van der Waals surface area contributed by atoms with Crippen molar-refractivity contribution < 1.29 is 28.1 Å². The first-order valence-electron chi connectivity index (χ1n) is 13.6. The standard InChI is InChI=1S/C33H39FO5/c1-22(17-31(35)36-5)24-9-8-10-25(19-24)38-21-23-12-14-27(29(18-23)33(2,3)4)28-20-26(13-15-30(28)34)39-32-11-6-7-16-37-32/h8-10,12-15,18-20,22,32H,6-7,11,16-17,21H2,1-5H3/t22-,32?/m1/s1. The lowest BCUT2D eigenvalue weighted by Crippen LogP contribution is -2.25. The lowest BCUT2D eigenvalue weighted by Gasteiger charge is -2.26. The molecule has 1 unspecified atom stereocenters. The molecule has 0 amide bonds. The molecular formula is C33H39FO5. The molecule has 1 aliphatic rings. The summed E-state index contributed by atoms with van der Waals surface area (Å²) in [4.78, 5) is 11.7. The van der Waals surface area contributed by atoms with Crippen LogP contribution < -0.4 is 9.47 Å². The highest BCUT2D eigenvalue weighted by molar-refractivity contribution is 5.71. The van der Waals surface area contributed by atoms with E-state index in [4.69, 9.17) is 18.9 Å². The molecule has 208 valence electrons. The minimum Gasteiger partial charge on any atom is -0.489 e. The van der Waals surface area contributed by atoms with Crippen molar-refractivity contribution in [3.63, 3.8) is 0 Å². The largest absolute Gasteiger partial charge is 0.489 e. The Balaban J connectivity index is 1.54. The van der Waals surface area contributed by atoms with Gasteiger partial charge in [0.05, 0.1) is 20.1 Å². The molecular weight excluding hydrogens is 495 g/mol. The smallest absolute Gasteiger partial charge is 0.306 e. The van der Waals surface area contributed by atoms with Gasteiger partial charge in [0.15, 0.2) is 6.29 Å². The van der Waals surface area contributed by atoms with E-state index in [0.717, 1.165) is 47.3 Å². The van der Waals surface area contributed by atoms with E-state index in [1.54, 1.807) is 12.1 Å². The molecule has 5 nitrogen and oxygen atoms in total. The van der Waals surface area contributed by atoms with Gasteiger partial charge in [-0.3, -0.25) is 4.79 Å². The maximum Gasteiger partial charge on any atom is 0.306 e. The average Bonchev–Trinajstić information content (AvgIpc) is 2.93. The summed E-state index contributed by atoms with van der Waals surface area (Å²) in [5.74, 6) is 0.823. The number of methoxy groups -OCH3 is 1. The molecule has 0 aliphatic carbocycles. The summed E-state index contributed by atoms with van der Waals surface area (Å²) in [6.07, 6.45) is 2.96. The number of benzene rings is 3. The van der Waals surface area contributed by atoms with Crippen LogP contribution in [0.25, 0.3) is 11.1 Å². The minimum atomic E-state index is -0.292. The number of carbonyl (C=O) groups excluding carboxylic acids is 1. The molecule has 0 spiro atoms. The van der Waals surface area contributed by atoms with Gasteiger partial charge in [0.25, 0.3) is 0 Å². The van der Waals surface area contributed by atoms with Crippen molar-refractivity contribution in [2.45, 2.75) is 77.6 Å². The van der Waals surface area contributed by atoms with Crippen LogP contribution in [-0.4, -0.2) is 26.0 Å². The molecule has 0 N–H and O–H groups in total. The fraction of sp³-hybridized carbons (Fsp3) is 0.424. The third-order valence-corrected chi connectivity index (χ3v) is 7.06. The van der Waals surface area contributed by atoms with Crippen LogP contribution in [0.1, 0.15) is 76.0 Å². The first-order valence-corrected chi connectivity index (χ1v) is 13.6. The lowest BCUT2D eigenvalue weighted by atomic mass is 9.81. The second-order valence-electron chi connectivity index (χ2n) is 11.2. The van der Waals surface area contributed by atoms with Gasteiger partial charge in [0, 0.05) is 12.0 Å². The number of halogens is 1. The third-order valence-electron chi connectivity index (χ3n) is 7.06. The molecule has 3 aromatic rings. The van der Waals surface area contributed by atoms with E-state index in [-0.39, 0.29) is 29.4 Å². The summed E-state index contributed by atoms with van der Waals surface area (Å²) in [6.45, 7) is 9.41. The van der Waals surface area contributed by atoms with E-state index in [1.165, 1.54) is 13.2 Å². The van der Waals surface area contributed by atoms with Crippen molar-refractivity contribution in [2.24, 2.45) is 0 Å². The van der Waals surface area contributed by atoms with Gasteiger partial charge in [0.1, 0.15) is 23.9 Å². The summed E-state index contributed by atoms with van der Waals surface area (Å²) < 4.78 is 37.8. The van der Waals surface area contributed by atoms with Crippen LogP contribution in [0.15, 0.2) is 60.7 Å². The van der Waals surface area contributed by atoms with Gasteiger partial charge in [-0.2, -0.15) is 0 Å². The Labute approximate surface area is 231 Å². The Hall–Kier alpha value is -3.38. The third kappa shape index (κ3) is 7.60. The fourth-order valence-electron chi connectivity index (χ4n) is 4.81. The van der Waals surface area contributed by atoms with Gasteiger partial charge in [-0.05, 0) is 76.8 Å². The minimum absolute atomic E-state index is 0.0205. The molecule has 1 heterocycles. The molecule has 1 aliphatic heterocycles. The van der Waals surface area contributed by atoms with Gasteiger partial charge in [-0.25, -0.2) is 4.39 Å². The van der Waals surface area contributed by atoms with E-state index in [9.17, 15) is 4.79 Å². The Bertz CT molecular complexity index is 1270. The second-order valence-corrected chi connectivity index (χ2v) is 11.2. The summed E-state index contributed by atoms with van der Waals surface area (Å²) >= 11 is 0. The van der Waals surface area contributed by atoms with E-state index in [1.807, 2.05) is 43.3 Å². The molecule has 6 heteroatoms. The molecule has 0 saturated carbocycles. The number of carbonyl (C=O) groups is 1. The lowest BCUT2D eigenvalue weighted by molar-refractivity contribution is -0.140. The fourth-order valence-corrected chi connectivity index (χ4v) is 4.81. The Morgan fingerprint density at radius 1 is 1.03 bits per heavy atom. The van der Waals surface area contributed by atoms with Crippen LogP contribution in [0.3, 0.4) is 0 Å². The highest BCUT2D eigenvalue weighted by Gasteiger charge is 2.23. The van der Waals surface area contributed by atoms with Crippen LogP contribution in [0.5, 0.6) is 11.5 Å². The summed E-state index contributed by atoms with van der Waals surface area (Å²) in [5, 5.41) is 0. The SMILES string of the molecule is COC(=O)C[C@@H](C)c1cccc(OCc2ccc(-c3cc(OC4CCCCO4)ccc3F)c(C(C)(C)C)c2)c1. The van der Waals surface area contributed by atoms with E-state index in [2.05, 4.69) is 26.8 Å². The number of ether oxygens (including phenoxy) is 4. The zero-order valence-electron chi connectivity index (χ0n) is 23.6. The predicted molar refractivity (Wildman–Crippen MR) is 151 cm³/mol. The molecule has 1 saturated heterocycles. The Morgan fingerprint density at radius 3 is 2.56 bits per heavy atom. The molecule has 1 fully saturated rings. The molecule has 4 rings (SSSR count). The Kier molecular flexibility index (Phi) is 9.28. The maximum absolute atomic E-state index is 15.1. The molecule has 0 aromatic heterocycles. The normalized spacial score (nSPS) is 16.4. The van der Waals surface area contributed by atoms with Crippen LogP contribution in [-0.2, 0) is 26.3 Å². The zero-order valence-corrected chi connectivity index (χ0v) is 23.6. The topological polar surface area (TPSA) is 54.0 Å². The van der Waals surface area contributed by atoms with Crippen molar-refractivity contribution in [3.8, 4) is 22.6 Å². The number of esters is 1. The average molecular weight is 535 g/mol. The first-order chi connectivity index (χ1) is 18.6. The summed E-state index contributed by atoms with van der Waals surface area (Å²) in [5.41, 5.74) is 4.13. The van der Waals surface area contributed by atoms with E-state index >= 15 is 4.39 Å². The molecule has 0 bridgehead atoms. The summed E-state index contributed by atoms with van der Waals surface area (Å²) in [6, 6.07) is 18.7. The van der Waals surface area contributed by atoms with Crippen LogP contribution in [0.2, 0.25) is 0 Å². The van der Waals surface area contributed by atoms with Crippen molar-refractivity contribution in [1.29, 1.82) is 0 Å². The van der Waals surface area contributed by atoms with Gasteiger partial charge >= 0.3 is 5.97 Å². The maximum atomic E-state index is 15.1. The van der Waals surface area contributed by atoms with Gasteiger partial charge < -0.3 is 18.9 Å².